The average Bonchev–Trinajstić information content (AvgIpc) is 3.06. The van der Waals surface area contributed by atoms with Crippen molar-refractivity contribution in [3.05, 3.63) is 54.1 Å². The normalized spacial score (nSPS) is 11.3. The van der Waals surface area contributed by atoms with Crippen molar-refractivity contribution in [2.75, 3.05) is 18.2 Å². The van der Waals surface area contributed by atoms with Crippen LogP contribution in [0.5, 0.6) is 11.7 Å². The third-order valence-electron chi connectivity index (χ3n) is 3.74. The summed E-state index contributed by atoms with van der Waals surface area (Å²) in [7, 11) is 1.50. The highest BCUT2D eigenvalue weighted by atomic mass is 32.2. The number of hydrogen-bond donors (Lipinski definition) is 1. The van der Waals surface area contributed by atoms with Crippen LogP contribution in [-0.2, 0) is 11.0 Å². The van der Waals surface area contributed by atoms with E-state index >= 15 is 0 Å². The molecule has 2 aromatic carbocycles. The number of benzene rings is 2. The number of amides is 1. The van der Waals surface area contributed by atoms with Gasteiger partial charge in [-0.1, -0.05) is 12.1 Å². The van der Waals surface area contributed by atoms with Crippen LogP contribution in [0.15, 0.2) is 58.1 Å². The number of carbonyl (C=O) groups is 1. The van der Waals surface area contributed by atoms with Crippen molar-refractivity contribution >= 4 is 23.4 Å². The van der Waals surface area contributed by atoms with E-state index in [-0.39, 0.29) is 16.5 Å². The second-order valence-corrected chi connectivity index (χ2v) is 6.62. The molecule has 0 aliphatic rings. The Morgan fingerprint density at radius 3 is 2.59 bits per heavy atom. The Kier molecular flexibility index (Phi) is 5.97. The molecule has 1 amide bonds. The second kappa shape index (κ2) is 8.43. The molecule has 0 radical (unpaired) electrons. The lowest BCUT2D eigenvalue weighted by Gasteiger charge is -2.13. The number of carbonyl (C=O) groups excluding carboxylic acids is 1. The molecule has 3 rings (SSSR count). The van der Waals surface area contributed by atoms with Gasteiger partial charge in [-0.05, 0) is 40.7 Å². The van der Waals surface area contributed by atoms with Crippen LogP contribution < -0.4 is 19.8 Å². The highest BCUT2D eigenvalue weighted by molar-refractivity contribution is 7.99. The van der Waals surface area contributed by atoms with Crippen LogP contribution >= 0.6 is 11.8 Å². The van der Waals surface area contributed by atoms with Gasteiger partial charge in [0, 0.05) is 12.1 Å². The van der Waals surface area contributed by atoms with E-state index in [1.54, 1.807) is 24.3 Å². The minimum absolute atomic E-state index is 0.00873. The summed E-state index contributed by atoms with van der Waals surface area (Å²) in [6.07, 6.45) is -4.61. The van der Waals surface area contributed by atoms with Crippen molar-refractivity contribution in [3.8, 4) is 17.4 Å². The maximum atomic E-state index is 13.0. The van der Waals surface area contributed by atoms with Gasteiger partial charge in [-0.25, -0.2) is 0 Å². The van der Waals surface area contributed by atoms with Gasteiger partial charge >= 0.3 is 6.18 Å². The SMILES string of the molecule is COc1ccc(-[n+]2noc([O-])c2SCC(=O)Nc2ccccc2C(F)(F)F)cc1. The van der Waals surface area contributed by atoms with Crippen molar-refractivity contribution in [3.63, 3.8) is 0 Å². The summed E-state index contributed by atoms with van der Waals surface area (Å²) >= 11 is 0.795. The minimum atomic E-state index is -4.61. The molecule has 0 fully saturated rings. The van der Waals surface area contributed by atoms with E-state index in [1.165, 1.54) is 23.9 Å². The maximum Gasteiger partial charge on any atom is 0.418 e. The lowest BCUT2D eigenvalue weighted by molar-refractivity contribution is -0.705. The van der Waals surface area contributed by atoms with Gasteiger partial charge in [0.1, 0.15) is 5.75 Å². The summed E-state index contributed by atoms with van der Waals surface area (Å²) in [5.74, 6) is -1.21. The van der Waals surface area contributed by atoms with Gasteiger partial charge < -0.3 is 19.7 Å². The smallest absolute Gasteiger partial charge is 0.418 e. The molecule has 11 heteroatoms. The number of methoxy groups -OCH3 is 1. The number of ether oxygens (including phenoxy) is 1. The zero-order chi connectivity index (χ0) is 21.0. The Morgan fingerprint density at radius 1 is 1.24 bits per heavy atom. The van der Waals surface area contributed by atoms with E-state index in [4.69, 9.17) is 4.74 Å². The van der Waals surface area contributed by atoms with Gasteiger partial charge in [-0.2, -0.15) is 13.2 Å². The second-order valence-electron chi connectivity index (χ2n) is 5.66. The molecule has 29 heavy (non-hydrogen) atoms. The summed E-state index contributed by atoms with van der Waals surface area (Å²) in [4.78, 5) is 12.2. The van der Waals surface area contributed by atoms with E-state index in [2.05, 4.69) is 15.1 Å². The number of alkyl halides is 3. The van der Waals surface area contributed by atoms with Crippen LogP contribution in [0, 0.1) is 0 Å². The summed E-state index contributed by atoms with van der Waals surface area (Å²) in [5, 5.41) is 17.8. The van der Waals surface area contributed by atoms with Gasteiger partial charge in [-0.15, -0.1) is 0 Å². The predicted octanol–water partition coefficient (Wildman–Crippen LogP) is 2.78. The van der Waals surface area contributed by atoms with Gasteiger partial charge in [0.15, 0.2) is 5.95 Å². The van der Waals surface area contributed by atoms with E-state index in [0.29, 0.717) is 11.4 Å². The first-order chi connectivity index (χ1) is 13.8. The van der Waals surface area contributed by atoms with Crippen molar-refractivity contribution in [1.29, 1.82) is 0 Å². The molecule has 7 nitrogen and oxygen atoms in total. The Hall–Kier alpha value is -3.21. The summed E-state index contributed by atoms with van der Waals surface area (Å²) in [6.45, 7) is 0. The number of nitrogens with one attached hydrogen (secondary N) is 1. The average molecular weight is 425 g/mol. The highest BCUT2D eigenvalue weighted by Crippen LogP contribution is 2.34. The Labute approximate surface area is 167 Å². The van der Waals surface area contributed by atoms with Crippen LogP contribution in [0.1, 0.15) is 5.56 Å². The Bertz CT molecular complexity index is 1010. The molecular weight excluding hydrogens is 411 g/mol. The van der Waals surface area contributed by atoms with Crippen LogP contribution in [0.25, 0.3) is 5.69 Å². The first-order valence-electron chi connectivity index (χ1n) is 8.12. The topological polar surface area (TPSA) is 91.3 Å². The molecule has 0 unspecified atom stereocenters. The third kappa shape index (κ3) is 4.80. The fourth-order valence-corrected chi connectivity index (χ4v) is 3.16. The fourth-order valence-electron chi connectivity index (χ4n) is 2.41. The van der Waals surface area contributed by atoms with Crippen molar-refractivity contribution in [2.45, 2.75) is 11.2 Å². The van der Waals surface area contributed by atoms with Gasteiger partial charge in [-0.3, -0.25) is 4.79 Å². The number of rotatable bonds is 6. The van der Waals surface area contributed by atoms with E-state index in [1.807, 2.05) is 0 Å². The molecule has 0 saturated heterocycles. The highest BCUT2D eigenvalue weighted by Gasteiger charge is 2.33. The molecule has 0 spiro atoms. The zero-order valence-corrected chi connectivity index (χ0v) is 15.7. The number of thioether (sulfide) groups is 1. The zero-order valence-electron chi connectivity index (χ0n) is 14.9. The molecule has 0 aliphatic heterocycles. The molecular formula is C18H14F3N3O4S. The van der Waals surface area contributed by atoms with Crippen LogP contribution in [0.3, 0.4) is 0 Å². The molecule has 1 heterocycles. The molecule has 3 aromatic rings. The standard InChI is InChI=1S/C18H14F3N3O4S/c1-27-12-8-6-11(7-9-12)24-16(17(26)28-23-24)29-10-15(25)22-14-5-3-2-4-13(14)18(19,20)21/h2-9H,10H2,1H3,(H-,22,23,25,26). The van der Waals surface area contributed by atoms with Crippen LogP contribution in [0.4, 0.5) is 18.9 Å². The quantitative estimate of drug-likeness (QED) is 0.483. The molecule has 1 aromatic heterocycles. The molecule has 152 valence electrons. The van der Waals surface area contributed by atoms with Crippen molar-refractivity contribution < 1.29 is 37.0 Å². The largest absolute Gasteiger partial charge is 0.538 e. The lowest BCUT2D eigenvalue weighted by atomic mass is 10.1. The van der Waals surface area contributed by atoms with E-state index in [0.717, 1.165) is 23.9 Å². The molecule has 0 saturated carbocycles. The van der Waals surface area contributed by atoms with Crippen LogP contribution in [0.2, 0.25) is 0 Å². The number of halogens is 3. The number of nitrogens with zero attached hydrogens (tertiary/aromatic N) is 2. The fraction of sp³-hybridized carbons (Fsp3) is 0.167. The molecule has 1 N–H and O–H groups in total. The molecule has 0 aliphatic carbocycles. The summed E-state index contributed by atoms with van der Waals surface area (Å²) in [6, 6.07) is 11.2. The van der Waals surface area contributed by atoms with E-state index in [9.17, 15) is 23.1 Å². The lowest BCUT2D eigenvalue weighted by Crippen LogP contribution is -2.35. The van der Waals surface area contributed by atoms with Gasteiger partial charge in [0.2, 0.25) is 11.6 Å². The Morgan fingerprint density at radius 2 is 1.93 bits per heavy atom. The summed E-state index contributed by atoms with van der Waals surface area (Å²) < 4.78 is 50.0. The minimum Gasteiger partial charge on any atom is -0.538 e. The first-order valence-corrected chi connectivity index (χ1v) is 9.10. The molecule has 0 bridgehead atoms. The molecule has 0 atom stereocenters. The predicted molar refractivity (Wildman–Crippen MR) is 94.8 cm³/mol. The number of anilines is 1. The Balaban J connectivity index is 1.72. The first kappa shape index (κ1) is 20.5. The van der Waals surface area contributed by atoms with Gasteiger partial charge in [0.25, 0.3) is 5.03 Å². The van der Waals surface area contributed by atoms with E-state index < -0.39 is 23.6 Å². The number of aromatic nitrogens is 2. The van der Waals surface area contributed by atoms with Crippen molar-refractivity contribution in [2.24, 2.45) is 0 Å². The number of para-hydroxylation sites is 1. The van der Waals surface area contributed by atoms with Gasteiger partial charge in [0.05, 0.1) is 29.4 Å². The summed E-state index contributed by atoms with van der Waals surface area (Å²) in [5.41, 5.74) is -0.829. The van der Waals surface area contributed by atoms with Crippen LogP contribution in [-0.4, -0.2) is 24.0 Å². The maximum absolute atomic E-state index is 13.0. The number of hydrogen-bond acceptors (Lipinski definition) is 6. The van der Waals surface area contributed by atoms with Crippen molar-refractivity contribution in [1.82, 2.24) is 5.27 Å². The third-order valence-corrected chi connectivity index (χ3v) is 4.76. The monoisotopic (exact) mass is 425 g/mol.